The van der Waals surface area contributed by atoms with Crippen LogP contribution in [0.1, 0.15) is 25.3 Å². The molecule has 1 saturated heterocycles. The second-order valence-electron chi connectivity index (χ2n) is 7.84. The number of fused-ring (bicyclic) bond motifs is 1. The summed E-state index contributed by atoms with van der Waals surface area (Å²) in [5.74, 6) is 0.123. The molecule has 0 radical (unpaired) electrons. The van der Waals surface area contributed by atoms with Crippen molar-refractivity contribution in [2.24, 2.45) is 0 Å². The molecule has 0 bridgehead atoms. The highest BCUT2D eigenvalue weighted by molar-refractivity contribution is 5.78. The number of imidazole rings is 1. The van der Waals surface area contributed by atoms with E-state index in [1.54, 1.807) is 4.57 Å². The zero-order valence-electron chi connectivity index (χ0n) is 17.5. The van der Waals surface area contributed by atoms with Crippen molar-refractivity contribution in [2.45, 2.75) is 39.4 Å². The van der Waals surface area contributed by atoms with Gasteiger partial charge in [0.15, 0.2) is 0 Å². The smallest absolute Gasteiger partial charge is 0.329 e. The summed E-state index contributed by atoms with van der Waals surface area (Å²) in [6.07, 6.45) is 4.88. The van der Waals surface area contributed by atoms with Gasteiger partial charge in [-0.05, 0) is 36.2 Å². The Morgan fingerprint density at radius 3 is 2.20 bits per heavy atom. The molecule has 0 unspecified atom stereocenters. The molecule has 158 valence electrons. The van der Waals surface area contributed by atoms with E-state index in [9.17, 15) is 9.59 Å². The lowest BCUT2D eigenvalue weighted by atomic mass is 10.2. The number of aromatic nitrogens is 3. The van der Waals surface area contributed by atoms with Gasteiger partial charge in [-0.2, -0.15) is 0 Å². The molecule has 0 N–H and O–H groups in total. The predicted molar refractivity (Wildman–Crippen MR) is 117 cm³/mol. The number of para-hydroxylation sites is 2. The lowest BCUT2D eigenvalue weighted by Gasteiger charge is -2.34. The minimum Gasteiger partial charge on any atom is -0.340 e. The van der Waals surface area contributed by atoms with E-state index in [0.29, 0.717) is 19.5 Å². The van der Waals surface area contributed by atoms with Gasteiger partial charge in [-0.25, -0.2) is 4.79 Å². The highest BCUT2D eigenvalue weighted by atomic mass is 16.2. The average molecular weight is 408 g/mol. The summed E-state index contributed by atoms with van der Waals surface area (Å²) in [6.45, 7) is 7.26. The Balaban J connectivity index is 1.36. The lowest BCUT2D eigenvalue weighted by molar-refractivity contribution is -0.133. The summed E-state index contributed by atoms with van der Waals surface area (Å²) in [6, 6.07) is 11.9. The Bertz CT molecular complexity index is 1050. The van der Waals surface area contributed by atoms with E-state index in [4.69, 9.17) is 0 Å². The molecular weight excluding hydrogens is 378 g/mol. The van der Waals surface area contributed by atoms with Crippen molar-refractivity contribution in [3.05, 3.63) is 64.8 Å². The number of carbonyl (C=O) groups excluding carboxylic acids is 1. The fourth-order valence-electron chi connectivity index (χ4n) is 4.20. The molecule has 7 nitrogen and oxygen atoms in total. The number of hydrogen-bond donors (Lipinski definition) is 0. The second-order valence-corrected chi connectivity index (χ2v) is 7.84. The van der Waals surface area contributed by atoms with Gasteiger partial charge in [0.1, 0.15) is 0 Å². The zero-order chi connectivity index (χ0) is 20.9. The largest absolute Gasteiger partial charge is 0.340 e. The van der Waals surface area contributed by atoms with Gasteiger partial charge in [0.05, 0.1) is 11.0 Å². The van der Waals surface area contributed by atoms with Gasteiger partial charge in [-0.15, -0.1) is 0 Å². The number of piperazine rings is 1. The standard InChI is InChI=1S/C23H29N5O2/c1-2-12-27-20-5-3-4-6-21(20)28(23(27)30)13-9-22(29)26-16-14-25(15-17-26)18-19-7-10-24-11-8-19/h3-8,10-11H,2,9,12-18H2,1H3. The first-order valence-electron chi connectivity index (χ1n) is 10.7. The van der Waals surface area contributed by atoms with E-state index in [1.165, 1.54) is 5.56 Å². The molecule has 1 aliphatic rings. The van der Waals surface area contributed by atoms with Crippen molar-refractivity contribution >= 4 is 16.9 Å². The molecule has 1 aliphatic heterocycles. The van der Waals surface area contributed by atoms with Crippen molar-refractivity contribution in [1.29, 1.82) is 0 Å². The fourth-order valence-corrected chi connectivity index (χ4v) is 4.20. The van der Waals surface area contributed by atoms with Crippen LogP contribution in [0.2, 0.25) is 0 Å². The Hall–Kier alpha value is -2.93. The minimum absolute atomic E-state index is 0.0204. The van der Waals surface area contributed by atoms with E-state index in [0.717, 1.165) is 50.2 Å². The average Bonchev–Trinajstić information content (AvgIpc) is 3.05. The molecule has 7 heteroatoms. The SMILES string of the molecule is CCCn1c(=O)n(CCC(=O)N2CCN(Cc3ccncc3)CC2)c2ccccc21. The first kappa shape index (κ1) is 20.3. The number of aryl methyl sites for hydroxylation is 2. The quantitative estimate of drug-likeness (QED) is 0.603. The lowest BCUT2D eigenvalue weighted by Crippen LogP contribution is -2.48. The molecule has 2 aromatic heterocycles. The summed E-state index contributed by atoms with van der Waals surface area (Å²) in [5.41, 5.74) is 3.08. The van der Waals surface area contributed by atoms with Crippen LogP contribution in [-0.4, -0.2) is 56.0 Å². The second kappa shape index (κ2) is 9.26. The number of amides is 1. The summed E-state index contributed by atoms with van der Waals surface area (Å²) < 4.78 is 3.57. The summed E-state index contributed by atoms with van der Waals surface area (Å²) >= 11 is 0. The van der Waals surface area contributed by atoms with Crippen LogP contribution < -0.4 is 5.69 Å². The van der Waals surface area contributed by atoms with Gasteiger partial charge in [0, 0.05) is 64.6 Å². The molecule has 1 amide bonds. The van der Waals surface area contributed by atoms with Crippen molar-refractivity contribution in [1.82, 2.24) is 23.9 Å². The van der Waals surface area contributed by atoms with Crippen LogP contribution in [0.5, 0.6) is 0 Å². The number of hydrogen-bond acceptors (Lipinski definition) is 4. The zero-order valence-corrected chi connectivity index (χ0v) is 17.5. The molecule has 0 atom stereocenters. The molecule has 4 rings (SSSR count). The van der Waals surface area contributed by atoms with Gasteiger partial charge >= 0.3 is 5.69 Å². The number of carbonyl (C=O) groups is 1. The minimum atomic E-state index is -0.0204. The Kier molecular flexibility index (Phi) is 6.28. The number of nitrogens with zero attached hydrogens (tertiary/aromatic N) is 5. The van der Waals surface area contributed by atoms with E-state index >= 15 is 0 Å². The molecule has 1 fully saturated rings. The Morgan fingerprint density at radius 1 is 0.933 bits per heavy atom. The maximum absolute atomic E-state index is 12.9. The highest BCUT2D eigenvalue weighted by Crippen LogP contribution is 2.14. The highest BCUT2D eigenvalue weighted by Gasteiger charge is 2.22. The van der Waals surface area contributed by atoms with E-state index in [1.807, 2.05) is 58.3 Å². The molecule has 1 aromatic carbocycles. The number of rotatable bonds is 7. The topological polar surface area (TPSA) is 63.4 Å². The van der Waals surface area contributed by atoms with Crippen molar-refractivity contribution < 1.29 is 4.79 Å². The van der Waals surface area contributed by atoms with E-state index in [-0.39, 0.29) is 11.6 Å². The molecule has 0 saturated carbocycles. The predicted octanol–water partition coefficient (Wildman–Crippen LogP) is 2.34. The van der Waals surface area contributed by atoms with Gasteiger partial charge in [-0.1, -0.05) is 19.1 Å². The van der Waals surface area contributed by atoms with Crippen LogP contribution in [0.25, 0.3) is 11.0 Å². The van der Waals surface area contributed by atoms with Gasteiger partial charge in [0.2, 0.25) is 5.91 Å². The van der Waals surface area contributed by atoms with Crippen LogP contribution in [0.15, 0.2) is 53.6 Å². The number of benzene rings is 1. The molecule has 3 aromatic rings. The van der Waals surface area contributed by atoms with Crippen molar-refractivity contribution in [2.75, 3.05) is 26.2 Å². The molecule has 0 spiro atoms. The third-order valence-electron chi connectivity index (χ3n) is 5.80. The Labute approximate surface area is 176 Å². The molecular formula is C23H29N5O2. The maximum Gasteiger partial charge on any atom is 0.329 e. The molecule has 3 heterocycles. The van der Waals surface area contributed by atoms with Crippen molar-refractivity contribution in [3.63, 3.8) is 0 Å². The summed E-state index contributed by atoms with van der Waals surface area (Å²) in [7, 11) is 0. The monoisotopic (exact) mass is 407 g/mol. The van der Waals surface area contributed by atoms with E-state index < -0.39 is 0 Å². The van der Waals surface area contributed by atoms with Crippen LogP contribution >= 0.6 is 0 Å². The number of pyridine rings is 1. The molecule has 30 heavy (non-hydrogen) atoms. The first-order chi connectivity index (χ1) is 14.7. The first-order valence-corrected chi connectivity index (χ1v) is 10.7. The van der Waals surface area contributed by atoms with Crippen LogP contribution in [-0.2, 0) is 24.4 Å². The molecule has 0 aliphatic carbocycles. The normalized spacial score (nSPS) is 15.0. The summed E-state index contributed by atoms with van der Waals surface area (Å²) in [4.78, 5) is 34.0. The van der Waals surface area contributed by atoms with Crippen molar-refractivity contribution in [3.8, 4) is 0 Å². The van der Waals surface area contributed by atoms with Crippen LogP contribution in [0.3, 0.4) is 0 Å². The maximum atomic E-state index is 12.9. The van der Waals surface area contributed by atoms with Gasteiger partial charge in [-0.3, -0.25) is 23.8 Å². The van der Waals surface area contributed by atoms with Crippen LogP contribution in [0.4, 0.5) is 0 Å². The third kappa shape index (κ3) is 4.31. The Morgan fingerprint density at radius 2 is 1.57 bits per heavy atom. The van der Waals surface area contributed by atoms with E-state index in [2.05, 4.69) is 16.8 Å². The fraction of sp³-hybridized carbons (Fsp3) is 0.435. The third-order valence-corrected chi connectivity index (χ3v) is 5.80. The van der Waals surface area contributed by atoms with Gasteiger partial charge < -0.3 is 4.90 Å². The van der Waals surface area contributed by atoms with Gasteiger partial charge in [0.25, 0.3) is 0 Å². The van der Waals surface area contributed by atoms with Crippen LogP contribution in [0, 0.1) is 0 Å². The summed E-state index contributed by atoms with van der Waals surface area (Å²) in [5, 5.41) is 0.